The van der Waals surface area contributed by atoms with E-state index < -0.39 is 0 Å². The average molecular weight is 462 g/mol. The molecule has 174 valence electrons. The smallest absolute Gasteiger partial charge is 0.228 e. The molecule has 0 spiro atoms. The van der Waals surface area contributed by atoms with E-state index in [9.17, 15) is 14.0 Å². The Labute approximate surface area is 196 Å². The molecule has 1 atom stereocenters. The fraction of sp³-hybridized carbons (Fsp3) is 0.292. The lowest BCUT2D eigenvalue weighted by Crippen LogP contribution is -2.51. The van der Waals surface area contributed by atoms with Crippen molar-refractivity contribution in [2.24, 2.45) is 5.92 Å². The van der Waals surface area contributed by atoms with E-state index in [0.29, 0.717) is 44.2 Å². The standard InChI is InChI=1S/C24H24FN7O2/c25-18-3-5-20(6-4-18)32-16-17(14-23(32)33)24(34)31-12-10-30(11-13-31)22-8-7-21(28-29-22)27-19-2-1-9-26-15-19/h1-9,15,17H,10-14,16H2,(H,27,28). The van der Waals surface area contributed by atoms with Crippen LogP contribution < -0.4 is 15.1 Å². The zero-order chi connectivity index (χ0) is 23.5. The van der Waals surface area contributed by atoms with Gasteiger partial charge in [0, 0.05) is 51.0 Å². The number of rotatable bonds is 5. The van der Waals surface area contributed by atoms with E-state index in [2.05, 4.69) is 25.4 Å². The monoisotopic (exact) mass is 461 g/mol. The molecule has 0 bridgehead atoms. The number of anilines is 4. The number of pyridine rings is 1. The molecule has 10 heteroatoms. The Kier molecular flexibility index (Phi) is 6.03. The fourth-order valence-corrected chi connectivity index (χ4v) is 4.30. The number of hydrogen-bond donors (Lipinski definition) is 1. The van der Waals surface area contributed by atoms with Crippen molar-refractivity contribution in [2.45, 2.75) is 6.42 Å². The molecule has 1 unspecified atom stereocenters. The Balaban J connectivity index is 1.15. The number of nitrogens with one attached hydrogen (secondary N) is 1. The number of carbonyl (C=O) groups excluding carboxylic acids is 2. The van der Waals surface area contributed by atoms with Crippen LogP contribution in [0.3, 0.4) is 0 Å². The summed E-state index contributed by atoms with van der Waals surface area (Å²) >= 11 is 0. The van der Waals surface area contributed by atoms with Gasteiger partial charge in [0.15, 0.2) is 11.6 Å². The Bertz CT molecular complexity index is 1150. The van der Waals surface area contributed by atoms with Crippen LogP contribution in [0, 0.1) is 11.7 Å². The van der Waals surface area contributed by atoms with Crippen LogP contribution in [0.1, 0.15) is 6.42 Å². The highest BCUT2D eigenvalue weighted by molar-refractivity contribution is 6.00. The van der Waals surface area contributed by atoms with Crippen molar-refractivity contribution in [1.29, 1.82) is 0 Å². The third-order valence-corrected chi connectivity index (χ3v) is 6.11. The topological polar surface area (TPSA) is 94.6 Å². The minimum absolute atomic E-state index is 0.0142. The molecular formula is C24H24FN7O2. The van der Waals surface area contributed by atoms with Gasteiger partial charge in [-0.3, -0.25) is 14.6 Å². The molecule has 9 nitrogen and oxygen atoms in total. The largest absolute Gasteiger partial charge is 0.352 e. The lowest BCUT2D eigenvalue weighted by molar-refractivity contribution is -0.136. The first kappa shape index (κ1) is 21.7. The molecule has 34 heavy (non-hydrogen) atoms. The van der Waals surface area contributed by atoms with Crippen molar-refractivity contribution in [3.8, 4) is 0 Å². The van der Waals surface area contributed by atoms with Crippen LogP contribution in [0.5, 0.6) is 0 Å². The predicted molar refractivity (Wildman–Crippen MR) is 125 cm³/mol. The molecule has 2 aliphatic rings. The minimum atomic E-state index is -0.387. The van der Waals surface area contributed by atoms with E-state index in [-0.39, 0.29) is 30.0 Å². The van der Waals surface area contributed by atoms with Gasteiger partial charge < -0.3 is 20.0 Å². The molecule has 2 saturated heterocycles. The number of aromatic nitrogens is 3. The number of amides is 2. The lowest BCUT2D eigenvalue weighted by Gasteiger charge is -2.36. The first-order valence-electron chi connectivity index (χ1n) is 11.2. The van der Waals surface area contributed by atoms with Crippen LogP contribution in [0.2, 0.25) is 0 Å². The second-order valence-electron chi connectivity index (χ2n) is 8.34. The molecule has 2 fully saturated rings. The van der Waals surface area contributed by atoms with Crippen LogP contribution in [0.4, 0.5) is 27.4 Å². The summed E-state index contributed by atoms with van der Waals surface area (Å²) in [4.78, 5) is 35.1. The first-order valence-corrected chi connectivity index (χ1v) is 11.2. The van der Waals surface area contributed by atoms with E-state index in [1.807, 2.05) is 29.2 Å². The lowest BCUT2D eigenvalue weighted by atomic mass is 10.1. The molecule has 1 N–H and O–H groups in total. The quantitative estimate of drug-likeness (QED) is 0.624. The number of hydrogen-bond acceptors (Lipinski definition) is 7. The highest BCUT2D eigenvalue weighted by Crippen LogP contribution is 2.27. The van der Waals surface area contributed by atoms with Gasteiger partial charge in [0.05, 0.1) is 17.8 Å². The Morgan fingerprint density at radius 2 is 1.79 bits per heavy atom. The van der Waals surface area contributed by atoms with E-state index in [1.165, 1.54) is 12.1 Å². The second kappa shape index (κ2) is 9.42. The summed E-state index contributed by atoms with van der Waals surface area (Å²) in [6.45, 7) is 2.70. The Hall–Kier alpha value is -4.08. The van der Waals surface area contributed by atoms with Crippen molar-refractivity contribution in [3.63, 3.8) is 0 Å². The van der Waals surface area contributed by atoms with E-state index >= 15 is 0 Å². The summed E-state index contributed by atoms with van der Waals surface area (Å²) < 4.78 is 13.2. The summed E-state index contributed by atoms with van der Waals surface area (Å²) in [7, 11) is 0. The highest BCUT2D eigenvalue weighted by Gasteiger charge is 2.38. The number of carbonyl (C=O) groups is 2. The number of nitrogens with zero attached hydrogens (tertiary/aromatic N) is 6. The first-order chi connectivity index (χ1) is 16.6. The Morgan fingerprint density at radius 3 is 2.47 bits per heavy atom. The molecule has 2 aliphatic heterocycles. The van der Waals surface area contributed by atoms with E-state index in [0.717, 1.165) is 11.5 Å². The van der Waals surface area contributed by atoms with Crippen LogP contribution in [0.25, 0.3) is 0 Å². The van der Waals surface area contributed by atoms with Crippen molar-refractivity contribution < 1.29 is 14.0 Å². The van der Waals surface area contributed by atoms with Gasteiger partial charge in [-0.1, -0.05) is 0 Å². The van der Waals surface area contributed by atoms with Crippen molar-refractivity contribution >= 4 is 34.8 Å². The van der Waals surface area contributed by atoms with Crippen molar-refractivity contribution in [2.75, 3.05) is 47.8 Å². The zero-order valence-corrected chi connectivity index (χ0v) is 18.5. The van der Waals surface area contributed by atoms with Gasteiger partial charge >= 0.3 is 0 Å². The third-order valence-electron chi connectivity index (χ3n) is 6.11. The van der Waals surface area contributed by atoms with Gasteiger partial charge in [-0.15, -0.1) is 10.2 Å². The summed E-state index contributed by atoms with van der Waals surface area (Å²) in [5.74, 6) is 0.509. The maximum Gasteiger partial charge on any atom is 0.228 e. The van der Waals surface area contributed by atoms with Gasteiger partial charge in [0.2, 0.25) is 11.8 Å². The molecule has 2 aromatic heterocycles. The third kappa shape index (κ3) is 4.66. The second-order valence-corrected chi connectivity index (χ2v) is 8.34. The predicted octanol–water partition coefficient (Wildman–Crippen LogP) is 2.46. The molecule has 0 aliphatic carbocycles. The maximum absolute atomic E-state index is 13.2. The van der Waals surface area contributed by atoms with Gasteiger partial charge in [0.1, 0.15) is 5.82 Å². The number of halogens is 1. The van der Waals surface area contributed by atoms with Crippen LogP contribution in [-0.4, -0.2) is 64.6 Å². The molecular weight excluding hydrogens is 437 g/mol. The molecule has 5 rings (SSSR count). The van der Waals surface area contributed by atoms with Gasteiger partial charge in [0.25, 0.3) is 0 Å². The van der Waals surface area contributed by atoms with Crippen LogP contribution in [0.15, 0.2) is 60.9 Å². The highest BCUT2D eigenvalue weighted by atomic mass is 19.1. The van der Waals surface area contributed by atoms with Crippen LogP contribution >= 0.6 is 0 Å². The van der Waals surface area contributed by atoms with Crippen molar-refractivity contribution in [1.82, 2.24) is 20.1 Å². The summed E-state index contributed by atoms with van der Waals surface area (Å²) in [6.07, 6.45) is 3.59. The van der Waals surface area contributed by atoms with Crippen LogP contribution in [-0.2, 0) is 9.59 Å². The molecule has 3 aromatic rings. The van der Waals surface area contributed by atoms with Gasteiger partial charge in [-0.05, 0) is 48.5 Å². The average Bonchev–Trinajstić information content (AvgIpc) is 3.27. The SMILES string of the molecule is O=C(C1CC(=O)N(c2ccc(F)cc2)C1)N1CCN(c2ccc(Nc3cccnc3)nn2)CC1. The van der Waals surface area contributed by atoms with E-state index in [1.54, 1.807) is 29.4 Å². The van der Waals surface area contributed by atoms with Gasteiger partial charge in [-0.25, -0.2) is 4.39 Å². The summed E-state index contributed by atoms with van der Waals surface area (Å²) in [6, 6.07) is 13.3. The maximum atomic E-state index is 13.2. The van der Waals surface area contributed by atoms with Crippen molar-refractivity contribution in [3.05, 3.63) is 66.7 Å². The fourth-order valence-electron chi connectivity index (χ4n) is 4.30. The normalized spacial score (nSPS) is 18.3. The molecule has 0 saturated carbocycles. The minimum Gasteiger partial charge on any atom is -0.352 e. The van der Waals surface area contributed by atoms with Gasteiger partial charge in [-0.2, -0.15) is 0 Å². The Morgan fingerprint density at radius 1 is 1.00 bits per heavy atom. The summed E-state index contributed by atoms with van der Waals surface area (Å²) in [5.41, 5.74) is 1.45. The zero-order valence-electron chi connectivity index (χ0n) is 18.5. The van der Waals surface area contributed by atoms with E-state index in [4.69, 9.17) is 0 Å². The molecule has 0 radical (unpaired) electrons. The molecule has 2 amide bonds. The molecule has 4 heterocycles. The molecule has 1 aromatic carbocycles. The summed E-state index contributed by atoms with van der Waals surface area (Å²) in [5, 5.41) is 11.7. The number of benzene rings is 1. The number of piperazine rings is 1.